The Labute approximate surface area is 92.0 Å². The van der Waals surface area contributed by atoms with Gasteiger partial charge in [0.05, 0.1) is 12.4 Å². The Morgan fingerprint density at radius 3 is 2.87 bits per heavy atom. The summed E-state index contributed by atoms with van der Waals surface area (Å²) >= 11 is 0. The van der Waals surface area contributed by atoms with E-state index in [1.807, 2.05) is 0 Å². The number of aliphatic hydroxyl groups excluding tert-OH is 1. The van der Waals surface area contributed by atoms with Gasteiger partial charge in [0.15, 0.2) is 0 Å². The number of nitrogens with zero attached hydrogens (tertiary/aromatic N) is 1. The van der Waals surface area contributed by atoms with Crippen LogP contribution in [-0.2, 0) is 0 Å². The lowest BCUT2D eigenvalue weighted by Gasteiger charge is -2.34. The Bertz CT molecular complexity index is 208. The predicted molar refractivity (Wildman–Crippen MR) is 62.0 cm³/mol. The molecule has 2 unspecified atom stereocenters. The Balaban J connectivity index is 2.56. The van der Waals surface area contributed by atoms with Gasteiger partial charge in [0.1, 0.15) is 0 Å². The summed E-state index contributed by atoms with van der Waals surface area (Å²) in [5, 5.41) is 16.7. The molecule has 0 aromatic carbocycles. The summed E-state index contributed by atoms with van der Waals surface area (Å²) in [7, 11) is 0. The number of rotatable bonds is 4. The second kappa shape index (κ2) is 6.08. The van der Waals surface area contributed by atoms with E-state index in [9.17, 15) is 5.11 Å². The maximum atomic E-state index is 9.34. The third-order valence-corrected chi connectivity index (χ3v) is 3.21. The fraction of sp³-hybridized carbons (Fsp3) is 0.909. The quantitative estimate of drug-likeness (QED) is 0.480. The van der Waals surface area contributed by atoms with Gasteiger partial charge in [0, 0.05) is 18.5 Å². The Morgan fingerprint density at radius 2 is 2.27 bits per heavy atom. The van der Waals surface area contributed by atoms with Gasteiger partial charge in [0.25, 0.3) is 0 Å². The molecule has 1 saturated heterocycles. The summed E-state index contributed by atoms with van der Waals surface area (Å²) in [5.74, 6) is 0.239. The van der Waals surface area contributed by atoms with Crippen molar-refractivity contribution >= 4 is 5.84 Å². The molecular formula is C11H23N3O. The number of amidine groups is 1. The van der Waals surface area contributed by atoms with E-state index in [2.05, 4.69) is 11.8 Å². The van der Waals surface area contributed by atoms with Crippen molar-refractivity contribution in [3.8, 4) is 0 Å². The third kappa shape index (κ3) is 3.80. The van der Waals surface area contributed by atoms with E-state index in [1.165, 1.54) is 19.3 Å². The highest BCUT2D eigenvalue weighted by Crippen LogP contribution is 2.20. The standard InChI is InChI=1S/C11H23N3O/c1-9(7-11(12)13)14-6-4-2-3-5-10(14)8-15/h9-10,15H,2-8H2,1H3,(H3,12,13). The number of nitrogens with one attached hydrogen (secondary N) is 1. The number of likely N-dealkylation sites (tertiary alicyclic amines) is 1. The van der Waals surface area contributed by atoms with Crippen molar-refractivity contribution in [2.45, 2.75) is 51.1 Å². The van der Waals surface area contributed by atoms with Crippen LogP contribution in [0.1, 0.15) is 39.0 Å². The van der Waals surface area contributed by atoms with E-state index >= 15 is 0 Å². The van der Waals surface area contributed by atoms with Crippen molar-refractivity contribution in [1.29, 1.82) is 5.41 Å². The molecule has 0 aliphatic carbocycles. The zero-order valence-corrected chi connectivity index (χ0v) is 9.58. The summed E-state index contributed by atoms with van der Waals surface area (Å²) in [6.45, 7) is 3.34. The Morgan fingerprint density at radius 1 is 1.53 bits per heavy atom. The lowest BCUT2D eigenvalue weighted by Crippen LogP contribution is -2.44. The maximum Gasteiger partial charge on any atom is 0.0920 e. The van der Waals surface area contributed by atoms with E-state index in [-0.39, 0.29) is 24.5 Å². The van der Waals surface area contributed by atoms with Gasteiger partial charge in [-0.1, -0.05) is 12.8 Å². The van der Waals surface area contributed by atoms with E-state index < -0.39 is 0 Å². The number of nitrogens with two attached hydrogens (primary N) is 1. The first-order chi connectivity index (χ1) is 7.15. The predicted octanol–water partition coefficient (Wildman–Crippen LogP) is 0.938. The average Bonchev–Trinajstić information content (AvgIpc) is 2.40. The van der Waals surface area contributed by atoms with Gasteiger partial charge in [-0.2, -0.15) is 0 Å². The largest absolute Gasteiger partial charge is 0.395 e. The first-order valence-electron chi connectivity index (χ1n) is 5.84. The number of aliphatic hydroxyl groups is 1. The average molecular weight is 213 g/mol. The Kier molecular flexibility index (Phi) is 5.05. The minimum atomic E-state index is 0.224. The van der Waals surface area contributed by atoms with Crippen molar-refractivity contribution < 1.29 is 5.11 Å². The molecule has 4 N–H and O–H groups in total. The molecule has 1 rings (SSSR count). The van der Waals surface area contributed by atoms with Crippen LogP contribution in [0.3, 0.4) is 0 Å². The van der Waals surface area contributed by atoms with Crippen LogP contribution in [0.2, 0.25) is 0 Å². The van der Waals surface area contributed by atoms with Crippen LogP contribution in [0.4, 0.5) is 0 Å². The molecule has 0 bridgehead atoms. The molecule has 1 heterocycles. The minimum absolute atomic E-state index is 0.224. The molecule has 0 aromatic heterocycles. The number of hydrogen-bond donors (Lipinski definition) is 3. The first-order valence-corrected chi connectivity index (χ1v) is 5.84. The lowest BCUT2D eigenvalue weighted by atomic mass is 10.1. The Hall–Kier alpha value is -0.610. The monoisotopic (exact) mass is 213 g/mol. The van der Waals surface area contributed by atoms with Crippen LogP contribution in [-0.4, -0.2) is 41.1 Å². The van der Waals surface area contributed by atoms with Crippen LogP contribution in [0, 0.1) is 5.41 Å². The summed E-state index contributed by atoms with van der Waals surface area (Å²) in [6, 6.07) is 0.541. The van der Waals surface area contributed by atoms with Crippen molar-refractivity contribution in [1.82, 2.24) is 4.90 Å². The summed E-state index contributed by atoms with van der Waals surface area (Å²) < 4.78 is 0. The van der Waals surface area contributed by atoms with Gasteiger partial charge < -0.3 is 10.8 Å². The van der Waals surface area contributed by atoms with E-state index in [1.54, 1.807) is 0 Å². The fourth-order valence-electron chi connectivity index (χ4n) is 2.41. The van der Waals surface area contributed by atoms with Gasteiger partial charge in [-0.05, 0) is 26.3 Å². The molecule has 4 heteroatoms. The highest BCUT2D eigenvalue weighted by atomic mass is 16.3. The highest BCUT2D eigenvalue weighted by molar-refractivity contribution is 5.77. The van der Waals surface area contributed by atoms with E-state index in [0.717, 1.165) is 13.0 Å². The number of hydrogen-bond acceptors (Lipinski definition) is 3. The van der Waals surface area contributed by atoms with E-state index in [0.29, 0.717) is 6.42 Å². The zero-order chi connectivity index (χ0) is 11.3. The van der Waals surface area contributed by atoms with Gasteiger partial charge >= 0.3 is 0 Å². The summed E-state index contributed by atoms with van der Waals surface area (Å²) in [4.78, 5) is 2.31. The lowest BCUT2D eigenvalue weighted by molar-refractivity contribution is 0.0935. The zero-order valence-electron chi connectivity index (χ0n) is 9.58. The molecule has 0 saturated carbocycles. The second-order valence-electron chi connectivity index (χ2n) is 4.50. The van der Waals surface area contributed by atoms with Crippen molar-refractivity contribution in [3.63, 3.8) is 0 Å². The molecule has 1 fully saturated rings. The normalized spacial score (nSPS) is 25.9. The van der Waals surface area contributed by atoms with Gasteiger partial charge in [-0.3, -0.25) is 10.3 Å². The minimum Gasteiger partial charge on any atom is -0.395 e. The molecule has 88 valence electrons. The molecule has 15 heavy (non-hydrogen) atoms. The summed E-state index contributed by atoms with van der Waals surface area (Å²) in [6.07, 6.45) is 5.32. The van der Waals surface area contributed by atoms with Crippen molar-refractivity contribution in [2.24, 2.45) is 5.73 Å². The SMILES string of the molecule is CC(CC(=N)N)N1CCCCCC1CO. The van der Waals surface area contributed by atoms with Gasteiger partial charge in [-0.15, -0.1) is 0 Å². The van der Waals surface area contributed by atoms with Crippen molar-refractivity contribution in [2.75, 3.05) is 13.2 Å². The van der Waals surface area contributed by atoms with Crippen LogP contribution < -0.4 is 5.73 Å². The van der Waals surface area contributed by atoms with E-state index in [4.69, 9.17) is 11.1 Å². The molecule has 0 radical (unpaired) electrons. The summed E-state index contributed by atoms with van der Waals surface area (Å²) in [5.41, 5.74) is 5.42. The van der Waals surface area contributed by atoms with Crippen LogP contribution in [0.15, 0.2) is 0 Å². The molecule has 0 amide bonds. The van der Waals surface area contributed by atoms with Gasteiger partial charge in [-0.25, -0.2) is 0 Å². The van der Waals surface area contributed by atoms with Crippen LogP contribution >= 0.6 is 0 Å². The maximum absolute atomic E-state index is 9.34. The third-order valence-electron chi connectivity index (χ3n) is 3.21. The fourth-order valence-corrected chi connectivity index (χ4v) is 2.41. The van der Waals surface area contributed by atoms with Crippen LogP contribution in [0.5, 0.6) is 0 Å². The molecule has 1 aliphatic rings. The topological polar surface area (TPSA) is 73.3 Å². The molecule has 1 aliphatic heterocycles. The second-order valence-corrected chi connectivity index (χ2v) is 4.50. The van der Waals surface area contributed by atoms with Crippen LogP contribution in [0.25, 0.3) is 0 Å². The molecular weight excluding hydrogens is 190 g/mol. The van der Waals surface area contributed by atoms with Gasteiger partial charge in [0.2, 0.25) is 0 Å². The molecule has 0 aromatic rings. The molecule has 0 spiro atoms. The van der Waals surface area contributed by atoms with Crippen molar-refractivity contribution in [3.05, 3.63) is 0 Å². The molecule has 4 nitrogen and oxygen atoms in total. The highest BCUT2D eigenvalue weighted by Gasteiger charge is 2.24. The smallest absolute Gasteiger partial charge is 0.0920 e. The molecule has 2 atom stereocenters. The first kappa shape index (κ1) is 12.5.